The topological polar surface area (TPSA) is 110 Å². The van der Waals surface area contributed by atoms with Crippen LogP contribution < -0.4 is 9.80 Å². The minimum atomic E-state index is -0.310. The molecule has 0 N–H and O–H groups in total. The lowest BCUT2D eigenvalue weighted by atomic mass is 9.73. The molecular weight excluding hydrogens is 957 g/mol. The maximum atomic E-state index is 5.44. The van der Waals surface area contributed by atoms with Crippen molar-refractivity contribution in [2.75, 3.05) is 9.80 Å². The number of hydrogen-bond acceptors (Lipinski definition) is 10. The van der Waals surface area contributed by atoms with Crippen molar-refractivity contribution in [3.8, 4) is 68.1 Å². The minimum absolute atomic E-state index is 0.310. The molecule has 6 aromatic heterocycles. The highest BCUT2D eigenvalue weighted by Crippen LogP contribution is 2.57. The molecule has 0 fully saturated rings. The van der Waals surface area contributed by atoms with Crippen molar-refractivity contribution in [1.29, 1.82) is 0 Å². The van der Waals surface area contributed by atoms with Crippen LogP contribution in [0.3, 0.4) is 0 Å². The van der Waals surface area contributed by atoms with Gasteiger partial charge in [0, 0.05) is 81.0 Å². The van der Waals surface area contributed by atoms with E-state index >= 15 is 0 Å². The zero-order valence-electron chi connectivity index (χ0n) is 43.4. The van der Waals surface area contributed by atoms with Crippen LogP contribution in [0.4, 0.5) is 34.1 Å². The van der Waals surface area contributed by atoms with Crippen LogP contribution in [0.2, 0.25) is 0 Å². The fraction of sp³-hybridized carbons (Fsp3) is 0.0882. The van der Waals surface area contributed by atoms with Crippen molar-refractivity contribution in [3.05, 3.63) is 254 Å². The van der Waals surface area contributed by atoms with Crippen LogP contribution in [0.25, 0.3) is 78.8 Å². The first-order chi connectivity index (χ1) is 38.2. The molecule has 0 radical (unpaired) electrons. The summed E-state index contributed by atoms with van der Waals surface area (Å²) in [6, 6.07) is 68.3. The number of hydrogen-bond donors (Lipinski definition) is 0. The molecule has 10 nitrogen and oxygen atoms in total. The molecule has 78 heavy (non-hydrogen) atoms. The number of aromatic nitrogens is 8. The predicted molar refractivity (Wildman–Crippen MR) is 313 cm³/mol. The number of benzene rings is 6. The summed E-state index contributed by atoms with van der Waals surface area (Å²) in [4.78, 5) is 44.7. The third kappa shape index (κ3) is 7.71. The van der Waals surface area contributed by atoms with Crippen LogP contribution in [0.5, 0.6) is 0 Å². The Morgan fingerprint density at radius 3 is 1.14 bits per heavy atom. The molecule has 372 valence electrons. The lowest BCUT2D eigenvalue weighted by Gasteiger charge is -2.43. The molecule has 6 aromatic carbocycles. The molecule has 0 saturated heterocycles. The SMILES string of the molecule is CC1(C)c2ccccc2N(c2cc(-c3cc(-c4cccnc4)nc(-c4ccccn4)n3)cc3c(N4c5ccccc5C(C)(C)c5ccccc54)cc(-c4cc(-c5ccccn5)nc(-c5cccnc5)n4)cc23)c2ccccc21. The molecule has 12 aromatic rings. The smallest absolute Gasteiger partial charge is 0.179 e. The molecule has 0 unspecified atom stereocenters. The predicted octanol–water partition coefficient (Wildman–Crippen LogP) is 16.2. The number of fused-ring (bicyclic) bond motifs is 5. The molecule has 0 atom stereocenters. The van der Waals surface area contributed by atoms with E-state index in [1.54, 1.807) is 24.8 Å². The summed E-state index contributed by atoms with van der Waals surface area (Å²) in [7, 11) is 0. The van der Waals surface area contributed by atoms with Gasteiger partial charge in [-0.25, -0.2) is 19.9 Å². The van der Waals surface area contributed by atoms with Crippen LogP contribution in [0.15, 0.2) is 231 Å². The Morgan fingerprint density at radius 2 is 0.692 bits per heavy atom. The van der Waals surface area contributed by atoms with E-state index in [1.165, 1.54) is 22.3 Å². The van der Waals surface area contributed by atoms with Crippen molar-refractivity contribution in [2.24, 2.45) is 0 Å². The molecule has 8 heterocycles. The normalized spacial score (nSPS) is 13.8. The Hall–Kier alpha value is -10.1. The van der Waals surface area contributed by atoms with Gasteiger partial charge in [0.25, 0.3) is 0 Å². The molecule has 2 aliphatic rings. The molecule has 0 spiro atoms. The van der Waals surface area contributed by atoms with E-state index in [9.17, 15) is 0 Å². The van der Waals surface area contributed by atoms with Crippen molar-refractivity contribution < 1.29 is 0 Å². The Labute approximate surface area is 452 Å². The van der Waals surface area contributed by atoms with Crippen LogP contribution in [0, 0.1) is 0 Å². The van der Waals surface area contributed by atoms with E-state index in [0.29, 0.717) is 23.0 Å². The summed E-state index contributed by atoms with van der Waals surface area (Å²) in [5.74, 6) is 1.06. The molecule has 0 aliphatic carbocycles. The fourth-order valence-corrected chi connectivity index (χ4v) is 11.7. The van der Waals surface area contributed by atoms with E-state index in [-0.39, 0.29) is 10.8 Å². The average Bonchev–Trinajstić information content (AvgIpc) is 3.68. The van der Waals surface area contributed by atoms with Crippen LogP contribution >= 0.6 is 0 Å². The van der Waals surface area contributed by atoms with Crippen molar-refractivity contribution >= 4 is 44.9 Å². The summed E-state index contributed by atoms with van der Waals surface area (Å²) >= 11 is 0. The van der Waals surface area contributed by atoms with Gasteiger partial charge in [-0.15, -0.1) is 0 Å². The lowest BCUT2D eigenvalue weighted by Crippen LogP contribution is -2.31. The number of anilines is 6. The lowest BCUT2D eigenvalue weighted by molar-refractivity contribution is 0.632. The fourth-order valence-electron chi connectivity index (χ4n) is 11.7. The van der Waals surface area contributed by atoms with Gasteiger partial charge in [0.15, 0.2) is 11.6 Å². The van der Waals surface area contributed by atoms with E-state index < -0.39 is 0 Å². The van der Waals surface area contributed by atoms with Gasteiger partial charge in [-0.3, -0.25) is 19.9 Å². The highest BCUT2D eigenvalue weighted by Gasteiger charge is 2.40. The summed E-state index contributed by atoms with van der Waals surface area (Å²) in [5.41, 5.74) is 18.3. The second kappa shape index (κ2) is 18.4. The van der Waals surface area contributed by atoms with Gasteiger partial charge in [-0.1, -0.05) is 113 Å². The van der Waals surface area contributed by atoms with Gasteiger partial charge in [0.2, 0.25) is 0 Å². The molecule has 2 aliphatic heterocycles. The zero-order valence-corrected chi connectivity index (χ0v) is 43.4. The zero-order chi connectivity index (χ0) is 52.5. The summed E-state index contributed by atoms with van der Waals surface area (Å²) in [6.45, 7) is 9.31. The maximum absolute atomic E-state index is 5.44. The second-order valence-electron chi connectivity index (χ2n) is 20.9. The molecule has 10 heteroatoms. The van der Waals surface area contributed by atoms with Gasteiger partial charge in [-0.2, -0.15) is 0 Å². The van der Waals surface area contributed by atoms with E-state index in [2.05, 4.69) is 181 Å². The first-order valence-electron chi connectivity index (χ1n) is 26.2. The highest BCUT2D eigenvalue weighted by atomic mass is 15.2. The van der Waals surface area contributed by atoms with E-state index in [0.717, 1.165) is 89.9 Å². The summed E-state index contributed by atoms with van der Waals surface area (Å²) in [5, 5.41) is 2.01. The number of rotatable bonds is 8. The number of para-hydroxylation sites is 4. The second-order valence-corrected chi connectivity index (χ2v) is 20.9. The average molecular weight is 1010 g/mol. The Kier molecular flexibility index (Phi) is 10.9. The highest BCUT2D eigenvalue weighted by molar-refractivity contribution is 6.12. The van der Waals surface area contributed by atoms with Gasteiger partial charge >= 0.3 is 0 Å². The van der Waals surface area contributed by atoms with Gasteiger partial charge in [0.05, 0.1) is 62.6 Å². The third-order valence-corrected chi connectivity index (χ3v) is 15.5. The minimum Gasteiger partial charge on any atom is -0.309 e. The van der Waals surface area contributed by atoms with Crippen LogP contribution in [-0.4, -0.2) is 39.9 Å². The number of nitrogens with zero attached hydrogens (tertiary/aromatic N) is 10. The molecule has 14 rings (SSSR count). The Balaban J connectivity index is 1.15. The van der Waals surface area contributed by atoms with Crippen molar-refractivity contribution in [3.63, 3.8) is 0 Å². The Bertz CT molecular complexity index is 3790. The van der Waals surface area contributed by atoms with Gasteiger partial charge < -0.3 is 9.80 Å². The number of pyridine rings is 4. The molecule has 0 saturated carbocycles. The first kappa shape index (κ1) is 46.5. The van der Waals surface area contributed by atoms with Crippen molar-refractivity contribution in [1.82, 2.24) is 39.9 Å². The Morgan fingerprint density at radius 1 is 0.295 bits per heavy atom. The maximum Gasteiger partial charge on any atom is 0.179 e. The summed E-state index contributed by atoms with van der Waals surface area (Å²) < 4.78 is 0. The first-order valence-corrected chi connectivity index (χ1v) is 26.2. The largest absolute Gasteiger partial charge is 0.309 e. The third-order valence-electron chi connectivity index (χ3n) is 15.5. The van der Waals surface area contributed by atoms with Crippen LogP contribution in [-0.2, 0) is 10.8 Å². The van der Waals surface area contributed by atoms with Crippen LogP contribution in [0.1, 0.15) is 49.9 Å². The molecule has 0 bridgehead atoms. The summed E-state index contributed by atoms with van der Waals surface area (Å²) in [6.07, 6.45) is 10.8. The van der Waals surface area contributed by atoms with Gasteiger partial charge in [-0.05, 0) is 131 Å². The van der Waals surface area contributed by atoms with E-state index in [1.807, 2.05) is 73.1 Å². The van der Waals surface area contributed by atoms with Gasteiger partial charge in [0.1, 0.15) is 5.69 Å². The molecular formula is C68H50N10. The van der Waals surface area contributed by atoms with Crippen molar-refractivity contribution in [2.45, 2.75) is 38.5 Å². The molecule has 0 amide bonds. The quantitative estimate of drug-likeness (QED) is 0.146. The monoisotopic (exact) mass is 1010 g/mol. The standard InChI is InChI=1S/C68H50N10/c1-67(2)49-21-5-9-27-59(49)77(60-28-10-6-22-50(60)67)63-37-45(56-39-55(43-19-17-31-69-41-43)74-66(75-56)54-26-14-16-34-72-54)35-47-48(63)36-46(57-40-58(53-25-13-15-33-71-53)76-65(73-57)44-20-18-32-70-42-44)38-64(47)78-61-29-11-7-23-51(61)68(3,4)52-24-8-12-30-62(52)78/h5-42H,1-4H3. The van der Waals surface area contributed by atoms with E-state index in [4.69, 9.17) is 29.9 Å².